The average Bonchev–Trinajstić information content (AvgIpc) is 3.74. The molecule has 0 saturated carbocycles. The SMILES string of the molecule is c1ccc(-c2c3ccccc3c(-c3ccc4c(c3)oc3cc(-c5cccc6c5ccc5oc7ccccc7c56)ccc34)c3ccccc23)cc1. The van der Waals surface area contributed by atoms with Crippen LogP contribution in [0.3, 0.4) is 0 Å². The minimum atomic E-state index is 0.885. The molecule has 0 aliphatic heterocycles. The molecule has 0 N–H and O–H groups in total. The third kappa shape index (κ3) is 3.90. The van der Waals surface area contributed by atoms with Crippen molar-refractivity contribution >= 4 is 76.2 Å². The molecule has 2 nitrogen and oxygen atoms in total. The molecule has 232 valence electrons. The summed E-state index contributed by atoms with van der Waals surface area (Å²) in [6, 6.07) is 60.8. The smallest absolute Gasteiger partial charge is 0.136 e. The summed E-state index contributed by atoms with van der Waals surface area (Å²) in [6.45, 7) is 0. The van der Waals surface area contributed by atoms with Gasteiger partial charge in [0.25, 0.3) is 0 Å². The Balaban J connectivity index is 1.09. The fraction of sp³-hybridized carbons (Fsp3) is 0. The molecular weight excluding hydrogens is 609 g/mol. The number of rotatable bonds is 3. The molecule has 11 aromatic rings. The van der Waals surface area contributed by atoms with E-state index < -0.39 is 0 Å². The van der Waals surface area contributed by atoms with Crippen LogP contribution in [0.5, 0.6) is 0 Å². The molecular formula is C48H28O2. The monoisotopic (exact) mass is 636 g/mol. The minimum Gasteiger partial charge on any atom is -0.456 e. The molecule has 0 aliphatic rings. The molecule has 0 unspecified atom stereocenters. The number of para-hydroxylation sites is 1. The Hall–Kier alpha value is -6.64. The summed E-state index contributed by atoms with van der Waals surface area (Å²) >= 11 is 0. The maximum Gasteiger partial charge on any atom is 0.136 e. The topological polar surface area (TPSA) is 26.3 Å². The van der Waals surface area contributed by atoms with Crippen LogP contribution in [0.2, 0.25) is 0 Å². The lowest BCUT2D eigenvalue weighted by atomic mass is 9.86. The molecule has 2 heterocycles. The summed E-state index contributed by atoms with van der Waals surface area (Å²) in [4.78, 5) is 0. The van der Waals surface area contributed by atoms with E-state index in [1.54, 1.807) is 0 Å². The maximum atomic E-state index is 6.71. The van der Waals surface area contributed by atoms with Gasteiger partial charge in [0, 0.05) is 21.5 Å². The summed E-state index contributed by atoms with van der Waals surface area (Å²) < 4.78 is 12.9. The van der Waals surface area contributed by atoms with Gasteiger partial charge >= 0.3 is 0 Å². The van der Waals surface area contributed by atoms with Gasteiger partial charge in [-0.25, -0.2) is 0 Å². The molecule has 0 spiro atoms. The second-order valence-corrected chi connectivity index (χ2v) is 13.2. The Morgan fingerprint density at radius 2 is 0.780 bits per heavy atom. The van der Waals surface area contributed by atoms with E-state index in [9.17, 15) is 0 Å². The molecule has 9 aromatic carbocycles. The minimum absolute atomic E-state index is 0.885. The van der Waals surface area contributed by atoms with Crippen molar-refractivity contribution in [2.45, 2.75) is 0 Å². The average molecular weight is 637 g/mol. The third-order valence-electron chi connectivity index (χ3n) is 10.5. The third-order valence-corrected chi connectivity index (χ3v) is 10.5. The molecule has 0 saturated heterocycles. The zero-order chi connectivity index (χ0) is 32.8. The zero-order valence-electron chi connectivity index (χ0n) is 27.0. The molecule has 0 radical (unpaired) electrons. The number of furan rings is 2. The largest absolute Gasteiger partial charge is 0.456 e. The highest BCUT2D eigenvalue weighted by Gasteiger charge is 2.18. The Kier molecular flexibility index (Phi) is 5.70. The molecule has 0 amide bonds. The normalized spacial score (nSPS) is 12.0. The predicted octanol–water partition coefficient (Wildman–Crippen LogP) is 13.9. The molecule has 2 heteroatoms. The van der Waals surface area contributed by atoms with Crippen LogP contribution in [-0.4, -0.2) is 0 Å². The van der Waals surface area contributed by atoms with Gasteiger partial charge in [0.05, 0.1) is 0 Å². The summed E-state index contributed by atoms with van der Waals surface area (Å²) in [6.07, 6.45) is 0. The first-order valence-corrected chi connectivity index (χ1v) is 17.1. The van der Waals surface area contributed by atoms with E-state index in [0.717, 1.165) is 55.0 Å². The Morgan fingerprint density at radius 3 is 1.48 bits per heavy atom. The van der Waals surface area contributed by atoms with E-state index in [1.807, 2.05) is 12.1 Å². The number of benzene rings is 9. The van der Waals surface area contributed by atoms with E-state index in [-0.39, 0.29) is 0 Å². The molecule has 0 fully saturated rings. The van der Waals surface area contributed by atoms with Gasteiger partial charge in [-0.05, 0) is 102 Å². The highest BCUT2D eigenvalue weighted by molar-refractivity contribution is 6.23. The van der Waals surface area contributed by atoms with Gasteiger partial charge in [-0.1, -0.05) is 133 Å². The van der Waals surface area contributed by atoms with Gasteiger partial charge in [0.15, 0.2) is 0 Å². The molecule has 0 bridgehead atoms. The predicted molar refractivity (Wildman–Crippen MR) is 210 cm³/mol. The second-order valence-electron chi connectivity index (χ2n) is 13.2. The molecule has 0 atom stereocenters. The molecule has 0 aliphatic carbocycles. The van der Waals surface area contributed by atoms with Crippen molar-refractivity contribution in [2.75, 3.05) is 0 Å². The van der Waals surface area contributed by atoms with Crippen LogP contribution in [0.15, 0.2) is 179 Å². The molecule has 2 aromatic heterocycles. The van der Waals surface area contributed by atoms with Gasteiger partial charge < -0.3 is 8.83 Å². The first-order valence-electron chi connectivity index (χ1n) is 17.1. The lowest BCUT2D eigenvalue weighted by Crippen LogP contribution is -1.90. The van der Waals surface area contributed by atoms with Crippen LogP contribution in [0, 0.1) is 0 Å². The first kappa shape index (κ1) is 27.3. The maximum absolute atomic E-state index is 6.71. The van der Waals surface area contributed by atoms with Crippen LogP contribution in [0.25, 0.3) is 110 Å². The first-order chi connectivity index (χ1) is 24.8. The van der Waals surface area contributed by atoms with Gasteiger partial charge in [-0.2, -0.15) is 0 Å². The van der Waals surface area contributed by atoms with E-state index in [1.165, 1.54) is 54.6 Å². The van der Waals surface area contributed by atoms with Crippen LogP contribution in [0.1, 0.15) is 0 Å². The van der Waals surface area contributed by atoms with Gasteiger partial charge in [0.2, 0.25) is 0 Å². The summed E-state index contributed by atoms with van der Waals surface area (Å²) in [5.74, 6) is 0. The van der Waals surface area contributed by atoms with Gasteiger partial charge in [0.1, 0.15) is 22.3 Å². The number of hydrogen-bond acceptors (Lipinski definition) is 2. The highest BCUT2D eigenvalue weighted by atomic mass is 16.3. The van der Waals surface area contributed by atoms with Crippen LogP contribution >= 0.6 is 0 Å². The molecule has 50 heavy (non-hydrogen) atoms. The fourth-order valence-corrected chi connectivity index (χ4v) is 8.29. The van der Waals surface area contributed by atoms with E-state index in [0.29, 0.717) is 0 Å². The van der Waals surface area contributed by atoms with Crippen molar-refractivity contribution in [3.8, 4) is 33.4 Å². The number of hydrogen-bond donors (Lipinski definition) is 0. The van der Waals surface area contributed by atoms with E-state index in [4.69, 9.17) is 8.83 Å². The van der Waals surface area contributed by atoms with E-state index in [2.05, 4.69) is 158 Å². The van der Waals surface area contributed by atoms with Crippen molar-refractivity contribution in [1.29, 1.82) is 0 Å². The molecule has 11 rings (SSSR count). The number of fused-ring (bicyclic) bond motifs is 10. The second kappa shape index (κ2) is 10.4. The van der Waals surface area contributed by atoms with Gasteiger partial charge in [-0.15, -0.1) is 0 Å². The van der Waals surface area contributed by atoms with Crippen LogP contribution in [-0.2, 0) is 0 Å². The Bertz CT molecular complexity index is 3080. The van der Waals surface area contributed by atoms with Crippen molar-refractivity contribution in [3.63, 3.8) is 0 Å². The van der Waals surface area contributed by atoms with E-state index >= 15 is 0 Å². The summed E-state index contributed by atoms with van der Waals surface area (Å²) in [5, 5.41) is 11.9. The highest BCUT2D eigenvalue weighted by Crippen LogP contribution is 2.45. The Labute approximate surface area is 287 Å². The lowest BCUT2D eigenvalue weighted by Gasteiger charge is -2.17. The summed E-state index contributed by atoms with van der Waals surface area (Å²) in [7, 11) is 0. The van der Waals surface area contributed by atoms with Crippen molar-refractivity contribution < 1.29 is 8.83 Å². The van der Waals surface area contributed by atoms with Crippen molar-refractivity contribution in [1.82, 2.24) is 0 Å². The van der Waals surface area contributed by atoms with Crippen LogP contribution in [0.4, 0.5) is 0 Å². The Morgan fingerprint density at radius 1 is 0.260 bits per heavy atom. The lowest BCUT2D eigenvalue weighted by molar-refractivity contribution is 0.669. The van der Waals surface area contributed by atoms with Crippen molar-refractivity contribution in [2.24, 2.45) is 0 Å². The zero-order valence-corrected chi connectivity index (χ0v) is 27.0. The standard InChI is InChI=1S/C48H28O2/c1-2-11-29(12-3-1)46-37-13-4-6-15-39(37)47(40-16-7-5-14-38(40)46)31-22-24-35-34-23-21-30(27-44(34)50-45(35)28-31)32-18-10-19-36-33(32)25-26-43-48(36)41-17-8-9-20-42(41)49-43/h1-28H. The quantitative estimate of drug-likeness (QED) is 0.180. The van der Waals surface area contributed by atoms with Crippen molar-refractivity contribution in [3.05, 3.63) is 170 Å². The van der Waals surface area contributed by atoms with Gasteiger partial charge in [-0.3, -0.25) is 0 Å². The van der Waals surface area contributed by atoms with Crippen LogP contribution < -0.4 is 0 Å². The fourth-order valence-electron chi connectivity index (χ4n) is 8.29. The summed E-state index contributed by atoms with van der Waals surface area (Å²) in [5.41, 5.74) is 10.8.